The first-order chi connectivity index (χ1) is 10.5. The topological polar surface area (TPSA) is 90.3 Å². The predicted octanol–water partition coefficient (Wildman–Crippen LogP) is -2.10. The van der Waals surface area contributed by atoms with Crippen molar-refractivity contribution in [1.29, 1.82) is 0 Å². The van der Waals surface area contributed by atoms with Crippen LogP contribution in [0.3, 0.4) is 0 Å². The third kappa shape index (κ3) is 4.33. The minimum Gasteiger partial charge on any atom is -0.544 e. The summed E-state index contributed by atoms with van der Waals surface area (Å²) in [6, 6.07) is 4.00. The smallest absolute Gasteiger partial charge is 0.230 e. The van der Waals surface area contributed by atoms with Gasteiger partial charge in [-0.2, -0.15) is 0 Å². The number of para-hydroxylation sites is 1. The molecule has 22 heavy (non-hydrogen) atoms. The van der Waals surface area contributed by atoms with E-state index < -0.39 is 17.9 Å². The van der Waals surface area contributed by atoms with Gasteiger partial charge in [-0.15, -0.1) is 0 Å². The number of nitrogens with two attached hydrogens (primary N) is 1. The fourth-order valence-corrected chi connectivity index (χ4v) is 3.07. The van der Waals surface area contributed by atoms with Gasteiger partial charge in [-0.25, -0.2) is 0 Å². The van der Waals surface area contributed by atoms with E-state index in [-0.39, 0.29) is 6.42 Å². The van der Waals surface area contributed by atoms with Crippen molar-refractivity contribution >= 4 is 40.8 Å². The van der Waals surface area contributed by atoms with Gasteiger partial charge in [0.2, 0.25) is 5.91 Å². The van der Waals surface area contributed by atoms with Gasteiger partial charge in [0.15, 0.2) is 0 Å². The molecular formula is C14H18Cl2N3O3+. The van der Waals surface area contributed by atoms with Gasteiger partial charge in [0.25, 0.3) is 0 Å². The molecule has 8 heteroatoms. The summed E-state index contributed by atoms with van der Waals surface area (Å²) in [6.07, 6.45) is -0.167. The van der Waals surface area contributed by atoms with Gasteiger partial charge in [0.1, 0.15) is 32.2 Å². The number of anilines is 1. The second kappa shape index (κ2) is 7.78. The van der Waals surface area contributed by atoms with Gasteiger partial charge in [0, 0.05) is 0 Å². The van der Waals surface area contributed by atoms with Crippen molar-refractivity contribution in [2.45, 2.75) is 12.5 Å². The maximum absolute atomic E-state index is 12.1. The Hall–Kier alpha value is -1.34. The molecule has 1 aliphatic rings. The average molecular weight is 347 g/mol. The van der Waals surface area contributed by atoms with E-state index in [9.17, 15) is 14.7 Å². The SMILES string of the molecule is O=C(C[C@@H](C(=O)[O-])[NH+]1CC[NH2+]CC1)Nc1c(Cl)cccc1Cl. The van der Waals surface area contributed by atoms with E-state index in [2.05, 4.69) is 10.6 Å². The van der Waals surface area contributed by atoms with E-state index in [4.69, 9.17) is 23.2 Å². The van der Waals surface area contributed by atoms with Crippen molar-refractivity contribution < 1.29 is 24.9 Å². The van der Waals surface area contributed by atoms with Crippen LogP contribution in [-0.2, 0) is 9.59 Å². The fourth-order valence-electron chi connectivity index (χ4n) is 2.58. The summed E-state index contributed by atoms with van der Waals surface area (Å²) in [5, 5.41) is 16.7. The number of quaternary nitrogens is 2. The second-order valence-corrected chi connectivity index (χ2v) is 6.06. The maximum atomic E-state index is 12.1. The summed E-state index contributed by atoms with van der Waals surface area (Å²) < 4.78 is 0. The number of aliphatic carboxylic acids is 1. The van der Waals surface area contributed by atoms with Crippen molar-refractivity contribution in [2.75, 3.05) is 31.5 Å². The summed E-state index contributed by atoms with van der Waals surface area (Å²) in [4.78, 5) is 24.3. The lowest BCUT2D eigenvalue weighted by Gasteiger charge is -2.30. The van der Waals surface area contributed by atoms with E-state index in [0.717, 1.165) is 18.0 Å². The lowest BCUT2D eigenvalue weighted by Crippen LogP contribution is -3.24. The zero-order chi connectivity index (χ0) is 16.1. The van der Waals surface area contributed by atoms with Crippen LogP contribution in [0, 0.1) is 0 Å². The Kier molecular flexibility index (Phi) is 6.02. The molecule has 1 aliphatic heterocycles. The molecule has 0 aliphatic carbocycles. The number of benzene rings is 1. The Balaban J connectivity index is 2.03. The number of carbonyl (C=O) groups is 2. The number of halogens is 2. The fraction of sp³-hybridized carbons (Fsp3) is 0.429. The Morgan fingerprint density at radius 2 is 1.86 bits per heavy atom. The number of carboxylic acids is 1. The number of hydrogen-bond donors (Lipinski definition) is 3. The molecule has 1 heterocycles. The van der Waals surface area contributed by atoms with Gasteiger partial charge in [-0.05, 0) is 12.1 Å². The Morgan fingerprint density at radius 1 is 1.27 bits per heavy atom. The minimum absolute atomic E-state index is 0.167. The van der Waals surface area contributed by atoms with Gasteiger partial charge >= 0.3 is 0 Å². The van der Waals surface area contributed by atoms with Crippen LogP contribution in [0.5, 0.6) is 0 Å². The molecule has 1 aromatic rings. The van der Waals surface area contributed by atoms with Crippen LogP contribution in [0.15, 0.2) is 18.2 Å². The predicted molar refractivity (Wildman–Crippen MR) is 80.9 cm³/mol. The quantitative estimate of drug-likeness (QED) is 0.570. The van der Waals surface area contributed by atoms with E-state index in [1.165, 1.54) is 0 Å². The van der Waals surface area contributed by atoms with Gasteiger partial charge in [0.05, 0.1) is 28.1 Å². The molecule has 0 aromatic heterocycles. The largest absolute Gasteiger partial charge is 0.544 e. The van der Waals surface area contributed by atoms with Crippen molar-refractivity contribution in [3.63, 3.8) is 0 Å². The summed E-state index contributed by atoms with van der Waals surface area (Å²) >= 11 is 12.0. The zero-order valence-electron chi connectivity index (χ0n) is 11.9. The summed E-state index contributed by atoms with van der Waals surface area (Å²) in [5.74, 6) is -1.65. The molecule has 120 valence electrons. The third-order valence-electron chi connectivity index (χ3n) is 3.73. The Labute approximate surface area is 138 Å². The van der Waals surface area contributed by atoms with Crippen LogP contribution in [0.4, 0.5) is 5.69 Å². The third-order valence-corrected chi connectivity index (χ3v) is 4.36. The van der Waals surface area contributed by atoms with Crippen LogP contribution in [-0.4, -0.2) is 44.1 Å². The summed E-state index contributed by atoms with van der Waals surface area (Å²) in [5.41, 5.74) is 0.301. The first-order valence-corrected chi connectivity index (χ1v) is 7.85. The van der Waals surface area contributed by atoms with Crippen LogP contribution in [0.25, 0.3) is 0 Å². The molecule has 1 amide bonds. The zero-order valence-corrected chi connectivity index (χ0v) is 13.4. The van der Waals surface area contributed by atoms with E-state index in [1.54, 1.807) is 18.2 Å². The number of hydrogen-bond acceptors (Lipinski definition) is 3. The standard InChI is InChI=1S/C14H17Cl2N3O3/c15-9-2-1-3-10(16)13(9)18-12(20)8-11(14(21)22)19-6-4-17-5-7-19/h1-3,11,17H,4-8H2,(H,18,20)(H,21,22)/p+1/t11-/m0/s1. The molecule has 6 nitrogen and oxygen atoms in total. The molecule has 1 aromatic carbocycles. The van der Waals surface area contributed by atoms with Crippen molar-refractivity contribution in [1.82, 2.24) is 0 Å². The van der Waals surface area contributed by atoms with E-state index in [0.29, 0.717) is 28.8 Å². The van der Waals surface area contributed by atoms with Crippen molar-refractivity contribution in [3.8, 4) is 0 Å². The molecule has 1 saturated heterocycles. The lowest BCUT2D eigenvalue weighted by atomic mass is 10.1. The molecule has 1 fully saturated rings. The van der Waals surface area contributed by atoms with Crippen molar-refractivity contribution in [3.05, 3.63) is 28.2 Å². The lowest BCUT2D eigenvalue weighted by molar-refractivity contribution is -0.961. The Bertz CT molecular complexity index is 542. The molecule has 4 N–H and O–H groups in total. The molecule has 0 spiro atoms. The van der Waals surface area contributed by atoms with Gasteiger partial charge in [-0.1, -0.05) is 29.3 Å². The van der Waals surface area contributed by atoms with Crippen LogP contribution >= 0.6 is 23.2 Å². The molecule has 0 saturated carbocycles. The number of amides is 1. The highest BCUT2D eigenvalue weighted by Gasteiger charge is 2.29. The van der Waals surface area contributed by atoms with Crippen molar-refractivity contribution in [2.24, 2.45) is 0 Å². The van der Waals surface area contributed by atoms with Gasteiger partial charge in [-0.3, -0.25) is 4.79 Å². The van der Waals surface area contributed by atoms with E-state index in [1.807, 2.05) is 0 Å². The normalized spacial score (nSPS) is 17.0. The number of carboxylic acid groups (broad SMARTS) is 1. The Morgan fingerprint density at radius 3 is 2.41 bits per heavy atom. The first-order valence-electron chi connectivity index (χ1n) is 7.10. The second-order valence-electron chi connectivity index (χ2n) is 5.24. The average Bonchev–Trinajstić information content (AvgIpc) is 2.49. The number of rotatable bonds is 5. The molecule has 0 bridgehead atoms. The number of carbonyl (C=O) groups excluding carboxylic acids is 2. The highest BCUT2D eigenvalue weighted by atomic mass is 35.5. The monoisotopic (exact) mass is 346 g/mol. The van der Waals surface area contributed by atoms with Gasteiger partial charge < -0.3 is 25.4 Å². The number of nitrogens with one attached hydrogen (secondary N) is 2. The maximum Gasteiger partial charge on any atom is 0.230 e. The highest BCUT2D eigenvalue weighted by Crippen LogP contribution is 2.29. The van der Waals surface area contributed by atoms with E-state index >= 15 is 0 Å². The summed E-state index contributed by atoms with van der Waals surface area (Å²) in [7, 11) is 0. The minimum atomic E-state index is -1.21. The number of piperazine rings is 1. The van der Waals surface area contributed by atoms with Crippen LogP contribution < -0.4 is 20.6 Å². The molecular weight excluding hydrogens is 329 g/mol. The first kappa shape index (κ1) is 17.0. The molecule has 1 atom stereocenters. The molecule has 0 unspecified atom stereocenters. The summed E-state index contributed by atoms with van der Waals surface area (Å²) in [6.45, 7) is 3.08. The molecule has 2 rings (SSSR count). The highest BCUT2D eigenvalue weighted by molar-refractivity contribution is 6.39. The van der Waals surface area contributed by atoms with Crippen LogP contribution in [0.1, 0.15) is 6.42 Å². The van der Waals surface area contributed by atoms with Crippen LogP contribution in [0.2, 0.25) is 10.0 Å². The molecule has 0 radical (unpaired) electrons.